The number of thioether (sulfide) groups is 1. The maximum atomic E-state index is 10.5. The summed E-state index contributed by atoms with van der Waals surface area (Å²) in [5.41, 5.74) is 6.57. The standard InChI is InChI=1S/C8H10N2O2S/c1-13-5-6-2-3-7(9)8(4-6)10(11)12/h2-4H,5,9H2,1H3. The van der Waals surface area contributed by atoms with Crippen LogP contribution in [0.25, 0.3) is 0 Å². The van der Waals surface area contributed by atoms with Crippen LogP contribution < -0.4 is 5.73 Å². The van der Waals surface area contributed by atoms with Crippen LogP contribution in [0.2, 0.25) is 0 Å². The molecule has 70 valence electrons. The van der Waals surface area contributed by atoms with Gasteiger partial charge >= 0.3 is 0 Å². The van der Waals surface area contributed by atoms with Gasteiger partial charge in [0.15, 0.2) is 0 Å². The van der Waals surface area contributed by atoms with Crippen molar-refractivity contribution in [3.63, 3.8) is 0 Å². The molecule has 0 aromatic heterocycles. The van der Waals surface area contributed by atoms with E-state index in [0.717, 1.165) is 11.3 Å². The van der Waals surface area contributed by atoms with Crippen molar-refractivity contribution < 1.29 is 4.92 Å². The van der Waals surface area contributed by atoms with Gasteiger partial charge in [0, 0.05) is 11.8 Å². The van der Waals surface area contributed by atoms with Crippen LogP contribution in [0, 0.1) is 10.1 Å². The molecule has 0 amide bonds. The topological polar surface area (TPSA) is 69.2 Å². The second-order valence-corrected chi connectivity index (χ2v) is 3.45. The fraction of sp³-hybridized carbons (Fsp3) is 0.250. The van der Waals surface area contributed by atoms with E-state index in [1.165, 1.54) is 6.07 Å². The lowest BCUT2D eigenvalue weighted by molar-refractivity contribution is -0.383. The first-order chi connectivity index (χ1) is 6.15. The normalized spacial score (nSPS) is 9.92. The third-order valence-corrected chi connectivity index (χ3v) is 2.22. The average Bonchev–Trinajstić information content (AvgIpc) is 2.08. The zero-order valence-corrected chi connectivity index (χ0v) is 8.00. The van der Waals surface area contributed by atoms with E-state index in [0.29, 0.717) is 0 Å². The van der Waals surface area contributed by atoms with Crippen molar-refractivity contribution in [3.8, 4) is 0 Å². The molecular formula is C8H10N2O2S. The fourth-order valence-corrected chi connectivity index (χ4v) is 1.52. The highest BCUT2D eigenvalue weighted by Gasteiger charge is 2.10. The summed E-state index contributed by atoms with van der Waals surface area (Å²) in [7, 11) is 0. The Balaban J connectivity index is 3.04. The molecule has 1 rings (SSSR count). The zero-order chi connectivity index (χ0) is 9.84. The van der Waals surface area contributed by atoms with Gasteiger partial charge in [-0.2, -0.15) is 11.8 Å². The van der Waals surface area contributed by atoms with Crippen molar-refractivity contribution in [2.75, 3.05) is 12.0 Å². The summed E-state index contributed by atoms with van der Waals surface area (Å²) in [6, 6.07) is 4.90. The molecular weight excluding hydrogens is 188 g/mol. The molecule has 0 unspecified atom stereocenters. The quantitative estimate of drug-likeness (QED) is 0.458. The van der Waals surface area contributed by atoms with Crippen LogP contribution in [0.15, 0.2) is 18.2 Å². The molecule has 0 atom stereocenters. The Kier molecular flexibility index (Phi) is 3.13. The predicted molar refractivity (Wildman–Crippen MR) is 54.7 cm³/mol. The van der Waals surface area contributed by atoms with Crippen molar-refractivity contribution in [1.29, 1.82) is 0 Å². The zero-order valence-electron chi connectivity index (χ0n) is 7.19. The van der Waals surface area contributed by atoms with Gasteiger partial charge < -0.3 is 5.73 Å². The van der Waals surface area contributed by atoms with E-state index >= 15 is 0 Å². The van der Waals surface area contributed by atoms with E-state index in [-0.39, 0.29) is 11.4 Å². The molecule has 0 aliphatic heterocycles. The number of nitrogens with zero attached hydrogens (tertiary/aromatic N) is 1. The average molecular weight is 198 g/mol. The van der Waals surface area contributed by atoms with Gasteiger partial charge in [-0.25, -0.2) is 0 Å². The first kappa shape index (κ1) is 9.85. The lowest BCUT2D eigenvalue weighted by Gasteiger charge is -2.00. The summed E-state index contributed by atoms with van der Waals surface area (Å²) in [5, 5.41) is 10.5. The van der Waals surface area contributed by atoms with E-state index in [1.54, 1.807) is 23.9 Å². The Labute approximate surface area is 80.3 Å². The van der Waals surface area contributed by atoms with Gasteiger partial charge in [0.2, 0.25) is 0 Å². The highest BCUT2D eigenvalue weighted by Crippen LogP contribution is 2.23. The van der Waals surface area contributed by atoms with Crippen LogP contribution in [0.3, 0.4) is 0 Å². The van der Waals surface area contributed by atoms with E-state index in [9.17, 15) is 10.1 Å². The smallest absolute Gasteiger partial charge is 0.292 e. The Morgan fingerprint density at radius 3 is 2.85 bits per heavy atom. The van der Waals surface area contributed by atoms with Gasteiger partial charge in [-0.05, 0) is 17.9 Å². The number of rotatable bonds is 3. The molecule has 0 spiro atoms. The van der Waals surface area contributed by atoms with Crippen LogP contribution >= 0.6 is 11.8 Å². The van der Waals surface area contributed by atoms with Crippen molar-refractivity contribution in [1.82, 2.24) is 0 Å². The molecule has 4 nitrogen and oxygen atoms in total. The van der Waals surface area contributed by atoms with Crippen LogP contribution in [-0.2, 0) is 5.75 Å². The highest BCUT2D eigenvalue weighted by atomic mass is 32.2. The molecule has 5 heteroatoms. The lowest BCUT2D eigenvalue weighted by atomic mass is 10.2. The number of nitro groups is 1. The van der Waals surface area contributed by atoms with Crippen LogP contribution in [-0.4, -0.2) is 11.2 Å². The molecule has 2 N–H and O–H groups in total. The molecule has 0 heterocycles. The number of benzene rings is 1. The lowest BCUT2D eigenvalue weighted by Crippen LogP contribution is -1.96. The minimum absolute atomic E-state index is 0.00782. The summed E-state index contributed by atoms with van der Waals surface area (Å²) < 4.78 is 0. The fourth-order valence-electron chi connectivity index (χ4n) is 1.00. The Bertz CT molecular complexity index is 328. The molecule has 0 bridgehead atoms. The Hall–Kier alpha value is -1.23. The number of hydrogen-bond acceptors (Lipinski definition) is 4. The number of hydrogen-bond donors (Lipinski definition) is 1. The van der Waals surface area contributed by atoms with Gasteiger partial charge in [0.25, 0.3) is 5.69 Å². The molecule has 0 saturated heterocycles. The first-order valence-corrected chi connectivity index (χ1v) is 5.06. The summed E-state index contributed by atoms with van der Waals surface area (Å²) in [6.07, 6.45) is 1.95. The largest absolute Gasteiger partial charge is 0.393 e. The number of anilines is 1. The minimum Gasteiger partial charge on any atom is -0.393 e. The molecule has 0 fully saturated rings. The van der Waals surface area contributed by atoms with Crippen LogP contribution in [0.4, 0.5) is 11.4 Å². The van der Waals surface area contributed by atoms with Crippen molar-refractivity contribution in [2.24, 2.45) is 0 Å². The van der Waals surface area contributed by atoms with Crippen LogP contribution in [0.1, 0.15) is 5.56 Å². The van der Waals surface area contributed by atoms with E-state index in [1.807, 2.05) is 6.26 Å². The Morgan fingerprint density at radius 1 is 1.62 bits per heavy atom. The predicted octanol–water partition coefficient (Wildman–Crippen LogP) is 2.04. The number of nitrogens with two attached hydrogens (primary N) is 1. The van der Waals surface area contributed by atoms with Gasteiger partial charge in [0.1, 0.15) is 5.69 Å². The second-order valence-electron chi connectivity index (χ2n) is 2.58. The SMILES string of the molecule is CSCc1ccc(N)c([N+](=O)[O-])c1. The second kappa shape index (κ2) is 4.13. The summed E-state index contributed by atoms with van der Waals surface area (Å²) >= 11 is 1.62. The molecule has 1 aromatic carbocycles. The molecule has 0 aliphatic rings. The monoisotopic (exact) mass is 198 g/mol. The van der Waals surface area contributed by atoms with Gasteiger partial charge in [0.05, 0.1) is 4.92 Å². The van der Waals surface area contributed by atoms with Crippen molar-refractivity contribution in [3.05, 3.63) is 33.9 Å². The van der Waals surface area contributed by atoms with Crippen molar-refractivity contribution >= 4 is 23.1 Å². The highest BCUT2D eigenvalue weighted by molar-refractivity contribution is 7.97. The van der Waals surface area contributed by atoms with Gasteiger partial charge in [-0.15, -0.1) is 0 Å². The summed E-state index contributed by atoms with van der Waals surface area (Å²) in [5.74, 6) is 0.765. The minimum atomic E-state index is -0.459. The van der Waals surface area contributed by atoms with Gasteiger partial charge in [-0.3, -0.25) is 10.1 Å². The maximum absolute atomic E-state index is 10.5. The van der Waals surface area contributed by atoms with Crippen LogP contribution in [0.5, 0.6) is 0 Å². The number of nitrogen functional groups attached to an aromatic ring is 1. The van der Waals surface area contributed by atoms with E-state index < -0.39 is 4.92 Å². The third-order valence-electron chi connectivity index (χ3n) is 1.60. The van der Waals surface area contributed by atoms with E-state index in [2.05, 4.69) is 0 Å². The van der Waals surface area contributed by atoms with E-state index in [4.69, 9.17) is 5.73 Å². The molecule has 0 saturated carbocycles. The Morgan fingerprint density at radius 2 is 2.31 bits per heavy atom. The van der Waals surface area contributed by atoms with Crippen molar-refractivity contribution in [2.45, 2.75) is 5.75 Å². The molecule has 13 heavy (non-hydrogen) atoms. The molecule has 1 aromatic rings. The first-order valence-electron chi connectivity index (χ1n) is 3.67. The molecule has 0 radical (unpaired) electrons. The van der Waals surface area contributed by atoms with Gasteiger partial charge in [-0.1, -0.05) is 6.07 Å². The number of nitro benzene ring substituents is 1. The third kappa shape index (κ3) is 2.35. The summed E-state index contributed by atoms with van der Waals surface area (Å²) in [4.78, 5) is 10.0. The maximum Gasteiger partial charge on any atom is 0.292 e. The molecule has 0 aliphatic carbocycles. The summed E-state index contributed by atoms with van der Waals surface area (Å²) in [6.45, 7) is 0.